The number of hydrogen-bond acceptors (Lipinski definition) is 4. The van der Waals surface area contributed by atoms with Crippen molar-refractivity contribution in [1.29, 1.82) is 0 Å². The summed E-state index contributed by atoms with van der Waals surface area (Å²) in [6.45, 7) is -0.134. The van der Waals surface area contributed by atoms with Crippen LogP contribution >= 0.6 is 31.9 Å². The maximum Gasteiger partial charge on any atom is 0.277 e. The molecule has 0 unspecified atom stereocenters. The van der Waals surface area contributed by atoms with Gasteiger partial charge >= 0.3 is 0 Å². The zero-order valence-corrected chi connectivity index (χ0v) is 18.1. The molecule has 0 bridgehead atoms. The molecule has 1 N–H and O–H groups in total. The fourth-order valence-electron chi connectivity index (χ4n) is 2.35. The SMILES string of the molecule is COc1ccc(-n2ccc(/C=N/NC(=O)COc3ccc(Br)cc3Br)c2)cc1. The van der Waals surface area contributed by atoms with Crippen LogP contribution in [0.4, 0.5) is 0 Å². The van der Waals surface area contributed by atoms with Gasteiger partial charge in [0.05, 0.1) is 17.8 Å². The Morgan fingerprint density at radius 2 is 1.96 bits per heavy atom. The molecule has 0 radical (unpaired) electrons. The molecule has 28 heavy (non-hydrogen) atoms. The van der Waals surface area contributed by atoms with E-state index >= 15 is 0 Å². The van der Waals surface area contributed by atoms with Crippen LogP contribution in [0.1, 0.15) is 5.56 Å². The number of amides is 1. The quantitative estimate of drug-likeness (QED) is 0.378. The lowest BCUT2D eigenvalue weighted by molar-refractivity contribution is -0.123. The van der Waals surface area contributed by atoms with Gasteiger partial charge in [-0.3, -0.25) is 4.79 Å². The number of aromatic nitrogens is 1. The zero-order valence-electron chi connectivity index (χ0n) is 14.9. The number of carbonyl (C=O) groups is 1. The zero-order chi connectivity index (χ0) is 19.9. The van der Waals surface area contributed by atoms with E-state index in [9.17, 15) is 4.79 Å². The van der Waals surface area contributed by atoms with Crippen molar-refractivity contribution < 1.29 is 14.3 Å². The molecule has 0 saturated heterocycles. The van der Waals surface area contributed by atoms with Crippen molar-refractivity contribution in [3.05, 3.63) is 75.4 Å². The van der Waals surface area contributed by atoms with E-state index in [-0.39, 0.29) is 12.5 Å². The summed E-state index contributed by atoms with van der Waals surface area (Å²) in [6.07, 6.45) is 5.40. The highest BCUT2D eigenvalue weighted by Crippen LogP contribution is 2.28. The third kappa shape index (κ3) is 5.46. The molecule has 2 aromatic carbocycles. The summed E-state index contributed by atoms with van der Waals surface area (Å²) in [5, 5.41) is 3.97. The molecule has 0 fully saturated rings. The maximum absolute atomic E-state index is 11.9. The first-order chi connectivity index (χ1) is 13.5. The number of ether oxygens (including phenoxy) is 2. The predicted octanol–water partition coefficient (Wildman–Crippen LogP) is 4.54. The summed E-state index contributed by atoms with van der Waals surface area (Å²) >= 11 is 6.75. The lowest BCUT2D eigenvalue weighted by atomic mass is 10.3. The average molecular weight is 507 g/mol. The van der Waals surface area contributed by atoms with Crippen LogP contribution in [-0.4, -0.2) is 30.4 Å². The van der Waals surface area contributed by atoms with Gasteiger partial charge in [0.15, 0.2) is 6.61 Å². The van der Waals surface area contributed by atoms with E-state index in [2.05, 4.69) is 42.4 Å². The van der Waals surface area contributed by atoms with E-state index < -0.39 is 0 Å². The van der Waals surface area contributed by atoms with Crippen LogP contribution < -0.4 is 14.9 Å². The number of methoxy groups -OCH3 is 1. The van der Waals surface area contributed by atoms with E-state index in [1.807, 2.05) is 59.4 Å². The first kappa shape index (κ1) is 20.2. The van der Waals surface area contributed by atoms with Crippen LogP contribution in [0.15, 0.2) is 75.0 Å². The third-order valence-electron chi connectivity index (χ3n) is 3.74. The van der Waals surface area contributed by atoms with Gasteiger partial charge in [-0.1, -0.05) is 15.9 Å². The molecule has 1 aromatic heterocycles. The van der Waals surface area contributed by atoms with Gasteiger partial charge in [-0.2, -0.15) is 5.10 Å². The highest BCUT2D eigenvalue weighted by atomic mass is 79.9. The lowest BCUT2D eigenvalue weighted by Gasteiger charge is -2.07. The molecule has 3 aromatic rings. The molecule has 0 spiro atoms. The average Bonchev–Trinajstić information content (AvgIpc) is 3.16. The van der Waals surface area contributed by atoms with Crippen LogP contribution in [0.2, 0.25) is 0 Å². The van der Waals surface area contributed by atoms with Gasteiger partial charge < -0.3 is 14.0 Å². The minimum atomic E-state index is -0.347. The second-order valence-corrected chi connectivity index (χ2v) is 7.48. The fourth-order valence-corrected chi connectivity index (χ4v) is 3.51. The normalized spacial score (nSPS) is 10.8. The largest absolute Gasteiger partial charge is 0.497 e. The minimum absolute atomic E-state index is 0.134. The lowest BCUT2D eigenvalue weighted by Crippen LogP contribution is -2.24. The van der Waals surface area contributed by atoms with Crippen molar-refractivity contribution in [3.63, 3.8) is 0 Å². The molecule has 6 nitrogen and oxygen atoms in total. The Labute approximate surface area is 179 Å². The topological polar surface area (TPSA) is 64.8 Å². The molecular formula is C20H17Br2N3O3. The Hall–Kier alpha value is -2.58. The molecule has 0 saturated carbocycles. The highest BCUT2D eigenvalue weighted by Gasteiger charge is 2.05. The maximum atomic E-state index is 11.9. The standard InChI is InChI=1S/C20H17Br2N3O3/c1-27-17-5-3-16(4-6-17)25-9-8-14(12-25)11-23-24-20(26)13-28-19-7-2-15(21)10-18(19)22/h2-12H,13H2,1H3,(H,24,26)/b23-11+. The van der Waals surface area contributed by atoms with E-state index in [0.717, 1.165) is 25.9 Å². The number of benzene rings is 2. The molecule has 0 aliphatic heterocycles. The Kier molecular flexibility index (Phi) is 6.89. The third-order valence-corrected chi connectivity index (χ3v) is 4.85. The summed E-state index contributed by atoms with van der Waals surface area (Å²) in [7, 11) is 1.64. The van der Waals surface area contributed by atoms with Gasteiger partial charge in [-0.05, 0) is 64.5 Å². The summed E-state index contributed by atoms with van der Waals surface area (Å²) in [5.41, 5.74) is 4.30. The van der Waals surface area contributed by atoms with E-state index in [1.165, 1.54) is 0 Å². The summed E-state index contributed by atoms with van der Waals surface area (Å²) in [4.78, 5) is 11.9. The second kappa shape index (κ2) is 9.57. The van der Waals surface area contributed by atoms with Gasteiger partial charge in [0.1, 0.15) is 11.5 Å². The number of rotatable bonds is 7. The molecule has 3 rings (SSSR count). The number of hydrazone groups is 1. The van der Waals surface area contributed by atoms with Gasteiger partial charge in [-0.15, -0.1) is 0 Å². The van der Waals surface area contributed by atoms with Crippen molar-refractivity contribution in [3.8, 4) is 17.2 Å². The molecule has 0 aliphatic rings. The van der Waals surface area contributed by atoms with Gasteiger partial charge in [0, 0.05) is 28.1 Å². The Balaban J connectivity index is 1.51. The molecule has 1 heterocycles. The smallest absolute Gasteiger partial charge is 0.277 e. The van der Waals surface area contributed by atoms with Crippen LogP contribution in [0.3, 0.4) is 0 Å². The number of nitrogens with one attached hydrogen (secondary N) is 1. The minimum Gasteiger partial charge on any atom is -0.497 e. The van der Waals surface area contributed by atoms with Gasteiger partial charge in [0.25, 0.3) is 5.91 Å². The van der Waals surface area contributed by atoms with Crippen molar-refractivity contribution >= 4 is 44.0 Å². The summed E-state index contributed by atoms with van der Waals surface area (Å²) in [6, 6.07) is 15.1. The number of hydrogen-bond donors (Lipinski definition) is 1. The van der Waals surface area contributed by atoms with Crippen LogP contribution in [-0.2, 0) is 4.79 Å². The number of nitrogens with zero attached hydrogens (tertiary/aromatic N) is 2. The predicted molar refractivity (Wildman–Crippen MR) is 115 cm³/mol. The van der Waals surface area contributed by atoms with Crippen LogP contribution in [0, 0.1) is 0 Å². The van der Waals surface area contributed by atoms with Crippen molar-refractivity contribution in [2.24, 2.45) is 5.10 Å². The van der Waals surface area contributed by atoms with E-state index in [4.69, 9.17) is 9.47 Å². The van der Waals surface area contributed by atoms with E-state index in [1.54, 1.807) is 19.4 Å². The Morgan fingerprint density at radius 3 is 2.68 bits per heavy atom. The van der Waals surface area contributed by atoms with Crippen LogP contribution in [0.5, 0.6) is 11.5 Å². The van der Waals surface area contributed by atoms with Gasteiger partial charge in [0.2, 0.25) is 0 Å². The molecule has 0 aliphatic carbocycles. The molecule has 144 valence electrons. The first-order valence-corrected chi connectivity index (χ1v) is 9.86. The second-order valence-electron chi connectivity index (χ2n) is 5.71. The van der Waals surface area contributed by atoms with Crippen molar-refractivity contribution in [1.82, 2.24) is 9.99 Å². The highest BCUT2D eigenvalue weighted by molar-refractivity contribution is 9.11. The molecule has 8 heteroatoms. The summed E-state index contributed by atoms with van der Waals surface area (Å²) < 4.78 is 14.3. The molecule has 1 amide bonds. The van der Waals surface area contributed by atoms with Crippen molar-refractivity contribution in [2.45, 2.75) is 0 Å². The Bertz CT molecular complexity index is 985. The van der Waals surface area contributed by atoms with E-state index in [0.29, 0.717) is 5.75 Å². The number of halogens is 2. The fraction of sp³-hybridized carbons (Fsp3) is 0.100. The summed E-state index contributed by atoms with van der Waals surface area (Å²) in [5.74, 6) is 1.04. The molecular weight excluding hydrogens is 490 g/mol. The van der Waals surface area contributed by atoms with Crippen LogP contribution in [0.25, 0.3) is 5.69 Å². The number of carbonyl (C=O) groups excluding carboxylic acids is 1. The first-order valence-electron chi connectivity index (χ1n) is 8.27. The van der Waals surface area contributed by atoms with Crippen molar-refractivity contribution in [2.75, 3.05) is 13.7 Å². The molecule has 0 atom stereocenters. The monoisotopic (exact) mass is 505 g/mol. The van der Waals surface area contributed by atoms with Gasteiger partial charge in [-0.25, -0.2) is 5.43 Å². The Morgan fingerprint density at radius 1 is 1.18 bits per heavy atom.